The maximum absolute atomic E-state index is 4.59. The Bertz CT molecular complexity index is 1570. The summed E-state index contributed by atoms with van der Waals surface area (Å²) in [7, 11) is 0. The van der Waals surface area contributed by atoms with Crippen LogP contribution >= 0.6 is 0 Å². The van der Waals surface area contributed by atoms with Gasteiger partial charge in [0.2, 0.25) is 0 Å². The van der Waals surface area contributed by atoms with E-state index in [0.29, 0.717) is 5.92 Å². The van der Waals surface area contributed by atoms with Gasteiger partial charge in [0, 0.05) is 11.6 Å². The van der Waals surface area contributed by atoms with Crippen LogP contribution in [-0.4, -0.2) is 40.9 Å². The lowest BCUT2D eigenvalue weighted by Gasteiger charge is -2.23. The lowest BCUT2D eigenvalue weighted by atomic mass is 9.88. The summed E-state index contributed by atoms with van der Waals surface area (Å²) in [6.07, 6.45) is 28.2. The number of pyridine rings is 1. The zero-order valence-corrected chi connectivity index (χ0v) is 22.0. The molecule has 0 atom stereocenters. The van der Waals surface area contributed by atoms with Crippen LogP contribution in [0.15, 0.2) is 152 Å². The van der Waals surface area contributed by atoms with Gasteiger partial charge in [0.15, 0.2) is 0 Å². The van der Waals surface area contributed by atoms with E-state index < -0.39 is 0 Å². The fourth-order valence-corrected chi connectivity index (χ4v) is 5.43. The molecule has 6 aliphatic heterocycles. The molecule has 8 bridgehead atoms. The van der Waals surface area contributed by atoms with Crippen molar-refractivity contribution in [3.8, 4) is 0 Å². The second-order valence-electron chi connectivity index (χ2n) is 10.2. The van der Waals surface area contributed by atoms with Gasteiger partial charge in [-0.25, -0.2) is 20.0 Å². The van der Waals surface area contributed by atoms with E-state index in [1.54, 1.807) is 0 Å². The van der Waals surface area contributed by atoms with Gasteiger partial charge in [-0.05, 0) is 122 Å². The number of nitrogens with one attached hydrogen (secondary N) is 1. The summed E-state index contributed by atoms with van der Waals surface area (Å²) >= 11 is 0. The molecule has 1 aromatic carbocycles. The van der Waals surface area contributed by atoms with Crippen molar-refractivity contribution in [1.29, 1.82) is 0 Å². The normalized spacial score (nSPS) is 20.7. The van der Waals surface area contributed by atoms with Crippen LogP contribution in [0.25, 0.3) is 10.9 Å². The Hall–Kier alpha value is -4.81. The van der Waals surface area contributed by atoms with E-state index in [1.165, 1.54) is 23.8 Å². The van der Waals surface area contributed by atoms with Crippen LogP contribution in [0.5, 0.6) is 0 Å². The molecule has 6 heteroatoms. The SMILES string of the molecule is C1=CC2=NC1=CC1=NC(=CC3=NC(=CC4=NC(=C2)C=C4)C=C3)C=C1.c1ccc2c(C3CCNCC3)ccnc2c1. The first-order valence-electron chi connectivity index (χ1n) is 13.7. The zero-order chi connectivity index (χ0) is 26.7. The van der Waals surface area contributed by atoms with Gasteiger partial charge in [-0.1, -0.05) is 18.2 Å². The first-order chi connectivity index (χ1) is 19.7. The molecule has 0 radical (unpaired) electrons. The molecule has 40 heavy (non-hydrogen) atoms. The Labute approximate surface area is 233 Å². The minimum Gasteiger partial charge on any atom is -0.317 e. The third-order valence-corrected chi connectivity index (χ3v) is 7.38. The quantitative estimate of drug-likeness (QED) is 0.481. The van der Waals surface area contributed by atoms with Crippen molar-refractivity contribution in [3.05, 3.63) is 138 Å². The van der Waals surface area contributed by atoms with Crippen molar-refractivity contribution in [1.82, 2.24) is 10.3 Å². The number of nitrogens with zero attached hydrogens (tertiary/aromatic N) is 5. The van der Waals surface area contributed by atoms with Crippen LogP contribution in [0.3, 0.4) is 0 Å². The molecular formula is C34H28N6. The van der Waals surface area contributed by atoms with Crippen LogP contribution in [0.1, 0.15) is 24.3 Å². The number of rotatable bonds is 1. The molecule has 7 heterocycles. The number of piperidine rings is 1. The summed E-state index contributed by atoms with van der Waals surface area (Å²) in [5.41, 5.74) is 9.75. The Balaban J connectivity index is 0.000000144. The molecule has 6 nitrogen and oxygen atoms in total. The summed E-state index contributed by atoms with van der Waals surface area (Å²) in [4.78, 5) is 22.8. The van der Waals surface area contributed by atoms with Gasteiger partial charge < -0.3 is 5.32 Å². The molecule has 6 aliphatic rings. The molecule has 2 aromatic rings. The Kier molecular flexibility index (Phi) is 6.52. The van der Waals surface area contributed by atoms with E-state index in [-0.39, 0.29) is 0 Å². The molecule has 0 amide bonds. The molecule has 1 fully saturated rings. The van der Waals surface area contributed by atoms with Crippen LogP contribution in [0.4, 0.5) is 0 Å². The van der Waals surface area contributed by atoms with Crippen LogP contribution in [0, 0.1) is 0 Å². The van der Waals surface area contributed by atoms with Gasteiger partial charge in [-0.15, -0.1) is 0 Å². The highest BCUT2D eigenvalue weighted by molar-refractivity contribution is 6.14. The Morgan fingerprint density at radius 2 is 1.02 bits per heavy atom. The number of hydrogen-bond donors (Lipinski definition) is 1. The molecule has 0 unspecified atom stereocenters. The molecule has 8 rings (SSSR count). The number of benzene rings is 1. The maximum Gasteiger partial charge on any atom is 0.0704 e. The highest BCUT2D eigenvalue weighted by Crippen LogP contribution is 2.30. The van der Waals surface area contributed by atoms with Gasteiger partial charge in [-0.3, -0.25) is 4.98 Å². The fraction of sp³-hybridized carbons (Fsp3) is 0.147. The topological polar surface area (TPSA) is 74.4 Å². The van der Waals surface area contributed by atoms with E-state index in [0.717, 1.165) is 64.2 Å². The Morgan fingerprint density at radius 3 is 1.52 bits per heavy atom. The number of allylic oxidation sites excluding steroid dienone is 12. The van der Waals surface area contributed by atoms with Crippen molar-refractivity contribution in [3.63, 3.8) is 0 Å². The number of hydrogen-bond acceptors (Lipinski definition) is 6. The molecule has 0 spiro atoms. The van der Waals surface area contributed by atoms with E-state index in [1.807, 2.05) is 79.1 Å². The summed E-state index contributed by atoms with van der Waals surface area (Å²) in [6.45, 7) is 2.28. The van der Waals surface area contributed by atoms with E-state index in [9.17, 15) is 0 Å². The average molecular weight is 521 g/mol. The van der Waals surface area contributed by atoms with Crippen molar-refractivity contribution in [2.75, 3.05) is 13.1 Å². The molecule has 1 N–H and O–H groups in total. The first kappa shape index (κ1) is 24.2. The van der Waals surface area contributed by atoms with Crippen LogP contribution in [-0.2, 0) is 0 Å². The molecule has 0 aliphatic carbocycles. The van der Waals surface area contributed by atoms with Crippen molar-refractivity contribution in [2.24, 2.45) is 20.0 Å². The maximum atomic E-state index is 4.59. The first-order valence-corrected chi connectivity index (χ1v) is 13.7. The van der Waals surface area contributed by atoms with E-state index in [4.69, 9.17) is 0 Å². The molecule has 1 saturated heterocycles. The van der Waals surface area contributed by atoms with Gasteiger partial charge in [0.25, 0.3) is 0 Å². The molecule has 194 valence electrons. The minimum atomic E-state index is 0.703. The second-order valence-corrected chi connectivity index (χ2v) is 10.2. The summed E-state index contributed by atoms with van der Waals surface area (Å²) < 4.78 is 0. The van der Waals surface area contributed by atoms with Crippen LogP contribution in [0.2, 0.25) is 0 Å². The molecule has 0 saturated carbocycles. The van der Waals surface area contributed by atoms with Crippen LogP contribution < -0.4 is 5.32 Å². The van der Waals surface area contributed by atoms with Crippen molar-refractivity contribution >= 4 is 33.7 Å². The smallest absolute Gasteiger partial charge is 0.0704 e. The summed E-state index contributed by atoms with van der Waals surface area (Å²) in [5, 5.41) is 4.75. The minimum absolute atomic E-state index is 0.703. The van der Waals surface area contributed by atoms with Crippen molar-refractivity contribution < 1.29 is 0 Å². The third-order valence-electron chi connectivity index (χ3n) is 7.38. The number of aromatic nitrogens is 1. The standard InChI is InChI=1S/C20H12N4.C14H16N2/c1-2-14-10-16-5-6-18(23-16)12-20-8-7-19(24-20)11-17-4-3-15(22-17)9-13(1)21-14;1-2-4-14-13(3-1)12(7-10-16-14)11-5-8-15-9-6-11/h1-12H;1-4,7,10-11,15H,5-6,8-9H2. The number of fused-ring (bicyclic) bond motifs is 5. The fourth-order valence-electron chi connectivity index (χ4n) is 5.43. The van der Waals surface area contributed by atoms with E-state index in [2.05, 4.69) is 60.6 Å². The second kappa shape index (κ2) is 10.8. The number of para-hydroxylation sites is 1. The lowest BCUT2D eigenvalue weighted by molar-refractivity contribution is 0.462. The molecular weight excluding hydrogens is 492 g/mol. The predicted octanol–water partition coefficient (Wildman–Crippen LogP) is 6.28. The largest absolute Gasteiger partial charge is 0.317 e. The highest BCUT2D eigenvalue weighted by Gasteiger charge is 2.17. The van der Waals surface area contributed by atoms with E-state index >= 15 is 0 Å². The summed E-state index contributed by atoms with van der Waals surface area (Å²) in [5.74, 6) is 0.703. The third kappa shape index (κ3) is 5.35. The van der Waals surface area contributed by atoms with Crippen molar-refractivity contribution in [2.45, 2.75) is 18.8 Å². The highest BCUT2D eigenvalue weighted by atomic mass is 14.9. The monoisotopic (exact) mass is 520 g/mol. The zero-order valence-electron chi connectivity index (χ0n) is 22.0. The predicted molar refractivity (Wildman–Crippen MR) is 165 cm³/mol. The number of aliphatic imine (C=N–C) groups is 4. The average Bonchev–Trinajstić information content (AvgIpc) is 3.80. The van der Waals surface area contributed by atoms with Gasteiger partial charge in [0.1, 0.15) is 0 Å². The Morgan fingerprint density at radius 1 is 0.550 bits per heavy atom. The lowest BCUT2D eigenvalue weighted by Crippen LogP contribution is -2.26. The van der Waals surface area contributed by atoms with Gasteiger partial charge >= 0.3 is 0 Å². The van der Waals surface area contributed by atoms with Gasteiger partial charge in [0.05, 0.1) is 51.2 Å². The van der Waals surface area contributed by atoms with Gasteiger partial charge in [-0.2, -0.15) is 0 Å². The molecule has 1 aromatic heterocycles. The summed E-state index contributed by atoms with van der Waals surface area (Å²) in [6, 6.07) is 10.6.